The molecule has 1 aromatic heterocycles. The Morgan fingerprint density at radius 2 is 1.83 bits per heavy atom. The lowest BCUT2D eigenvalue weighted by atomic mass is 9.84. The highest BCUT2D eigenvalue weighted by molar-refractivity contribution is 9.10. The number of nitrogens with one attached hydrogen (secondary N) is 1. The smallest absolute Gasteiger partial charge is 0.0515 e. The average Bonchev–Trinajstić information content (AvgIpc) is 3.22. The first-order valence-electron chi connectivity index (χ1n) is 8.88. The van der Waals surface area contributed by atoms with Crippen molar-refractivity contribution in [2.24, 2.45) is 0 Å². The van der Waals surface area contributed by atoms with E-state index in [2.05, 4.69) is 74.5 Å². The van der Waals surface area contributed by atoms with Crippen LogP contribution >= 0.6 is 15.9 Å². The van der Waals surface area contributed by atoms with Gasteiger partial charge in [0.2, 0.25) is 0 Å². The Hall–Kier alpha value is -1.58. The zero-order chi connectivity index (χ0) is 16.1. The number of hydrogen-bond donors (Lipinski definition) is 1. The predicted molar refractivity (Wildman–Crippen MR) is 103 cm³/mol. The Labute approximate surface area is 151 Å². The van der Waals surface area contributed by atoms with Crippen molar-refractivity contribution in [2.75, 3.05) is 13.1 Å². The quantitative estimate of drug-likeness (QED) is 0.674. The molecule has 1 N–H and O–H groups in total. The lowest BCUT2D eigenvalue weighted by Gasteiger charge is -2.19. The second-order valence-electron chi connectivity index (χ2n) is 7.12. The molecule has 122 valence electrons. The average molecular weight is 381 g/mol. The number of nitrogens with zero attached hydrogens (tertiary/aromatic N) is 1. The summed E-state index contributed by atoms with van der Waals surface area (Å²) in [6.07, 6.45) is 4.93. The van der Waals surface area contributed by atoms with Gasteiger partial charge in [0, 0.05) is 47.5 Å². The van der Waals surface area contributed by atoms with Crippen LogP contribution < -0.4 is 5.32 Å². The Balaban J connectivity index is 1.62. The summed E-state index contributed by atoms with van der Waals surface area (Å²) < 4.78 is 3.65. The molecule has 2 aromatic carbocycles. The molecule has 0 unspecified atom stereocenters. The van der Waals surface area contributed by atoms with Crippen molar-refractivity contribution >= 4 is 26.8 Å². The maximum atomic E-state index is 3.64. The summed E-state index contributed by atoms with van der Waals surface area (Å²) in [5, 5.41) is 5.11. The normalized spacial score (nSPS) is 23.0. The van der Waals surface area contributed by atoms with Crippen molar-refractivity contribution in [3.8, 4) is 0 Å². The first kappa shape index (κ1) is 14.7. The van der Waals surface area contributed by atoms with Crippen molar-refractivity contribution in [2.45, 2.75) is 31.2 Å². The highest BCUT2D eigenvalue weighted by atomic mass is 79.9. The first-order chi connectivity index (χ1) is 11.8. The zero-order valence-corrected chi connectivity index (χ0v) is 15.2. The Kier molecular flexibility index (Phi) is 3.53. The fourth-order valence-corrected chi connectivity index (χ4v) is 4.91. The maximum Gasteiger partial charge on any atom is 0.0515 e. The summed E-state index contributed by atoms with van der Waals surface area (Å²) in [4.78, 5) is 0. The Bertz CT molecular complexity index is 894. The van der Waals surface area contributed by atoms with E-state index in [4.69, 9.17) is 0 Å². The van der Waals surface area contributed by atoms with Crippen LogP contribution in [0.25, 0.3) is 10.9 Å². The largest absolute Gasteiger partial charge is 0.347 e. The van der Waals surface area contributed by atoms with Gasteiger partial charge < -0.3 is 9.88 Å². The number of hydrogen-bond acceptors (Lipinski definition) is 1. The summed E-state index contributed by atoms with van der Waals surface area (Å²) in [5.41, 5.74) is 5.99. The minimum Gasteiger partial charge on any atom is -0.347 e. The van der Waals surface area contributed by atoms with E-state index in [1.54, 1.807) is 0 Å². The summed E-state index contributed by atoms with van der Waals surface area (Å²) in [5.74, 6) is 1.12. The van der Waals surface area contributed by atoms with E-state index in [0.29, 0.717) is 11.8 Å². The standard InChI is InChI=1S/C21H21BrN2/c22-16-8-6-14(7-9-16)18-11-23-12-19(18)20-13-24-10-2-4-15-3-1-5-17(20)21(15)24/h1,3,5-9,13,18-19,23H,2,4,10-12H2/t18-,19+/m0/s1. The van der Waals surface area contributed by atoms with Gasteiger partial charge in [-0.1, -0.05) is 46.3 Å². The summed E-state index contributed by atoms with van der Waals surface area (Å²) in [6, 6.07) is 15.8. The van der Waals surface area contributed by atoms with E-state index in [1.807, 2.05) is 0 Å². The molecule has 3 heteroatoms. The van der Waals surface area contributed by atoms with Gasteiger partial charge in [0.1, 0.15) is 0 Å². The summed E-state index contributed by atoms with van der Waals surface area (Å²) in [7, 11) is 0. The highest BCUT2D eigenvalue weighted by Gasteiger charge is 2.32. The van der Waals surface area contributed by atoms with Gasteiger partial charge in [0.15, 0.2) is 0 Å². The van der Waals surface area contributed by atoms with Gasteiger partial charge in [-0.15, -0.1) is 0 Å². The molecular weight excluding hydrogens is 360 g/mol. The third kappa shape index (κ3) is 2.26. The van der Waals surface area contributed by atoms with Crippen LogP contribution in [0.2, 0.25) is 0 Å². The second-order valence-corrected chi connectivity index (χ2v) is 8.03. The molecule has 0 bridgehead atoms. The third-order valence-electron chi connectivity index (χ3n) is 5.77. The molecular formula is C21H21BrN2. The van der Waals surface area contributed by atoms with Crippen molar-refractivity contribution in [1.29, 1.82) is 0 Å². The molecule has 1 saturated heterocycles. The lowest BCUT2D eigenvalue weighted by Crippen LogP contribution is -2.08. The van der Waals surface area contributed by atoms with E-state index in [1.165, 1.54) is 40.4 Å². The minimum absolute atomic E-state index is 0.557. The summed E-state index contributed by atoms with van der Waals surface area (Å²) >= 11 is 3.56. The van der Waals surface area contributed by atoms with Crippen LogP contribution in [0.15, 0.2) is 53.1 Å². The molecule has 0 aliphatic carbocycles. The number of aryl methyl sites for hydroxylation is 2. The van der Waals surface area contributed by atoms with Crippen LogP contribution in [0.4, 0.5) is 0 Å². The van der Waals surface area contributed by atoms with Gasteiger partial charge in [0.05, 0.1) is 5.52 Å². The maximum absolute atomic E-state index is 3.64. The fraction of sp³-hybridized carbons (Fsp3) is 0.333. The van der Waals surface area contributed by atoms with Crippen LogP contribution in [0.1, 0.15) is 34.9 Å². The van der Waals surface area contributed by atoms with Gasteiger partial charge in [0.25, 0.3) is 0 Å². The van der Waals surface area contributed by atoms with Crippen LogP contribution in [0.3, 0.4) is 0 Å². The number of rotatable bonds is 2. The minimum atomic E-state index is 0.557. The van der Waals surface area contributed by atoms with Crippen molar-refractivity contribution in [3.63, 3.8) is 0 Å². The number of halogens is 1. The predicted octanol–water partition coefficient (Wildman–Crippen LogP) is 4.82. The molecule has 3 aromatic rings. The second kappa shape index (κ2) is 5.75. The van der Waals surface area contributed by atoms with E-state index < -0.39 is 0 Å². The molecule has 2 aliphatic rings. The first-order valence-corrected chi connectivity index (χ1v) is 9.67. The zero-order valence-electron chi connectivity index (χ0n) is 13.6. The molecule has 0 spiro atoms. The van der Waals surface area contributed by atoms with Crippen molar-refractivity contribution in [3.05, 3.63) is 69.8 Å². The third-order valence-corrected chi connectivity index (χ3v) is 6.30. The number of para-hydroxylation sites is 1. The number of benzene rings is 2. The van der Waals surface area contributed by atoms with Gasteiger partial charge in [-0.05, 0) is 41.7 Å². The van der Waals surface area contributed by atoms with E-state index in [9.17, 15) is 0 Å². The highest BCUT2D eigenvalue weighted by Crippen LogP contribution is 2.41. The topological polar surface area (TPSA) is 17.0 Å². The molecule has 24 heavy (non-hydrogen) atoms. The molecule has 5 rings (SSSR count). The molecule has 2 atom stereocenters. The molecule has 0 amide bonds. The van der Waals surface area contributed by atoms with E-state index in [-0.39, 0.29) is 0 Å². The molecule has 3 heterocycles. The molecule has 0 radical (unpaired) electrons. The fourth-order valence-electron chi connectivity index (χ4n) is 4.64. The van der Waals surface area contributed by atoms with Crippen LogP contribution in [-0.2, 0) is 13.0 Å². The van der Waals surface area contributed by atoms with Crippen LogP contribution in [0.5, 0.6) is 0 Å². The van der Waals surface area contributed by atoms with Gasteiger partial charge in [-0.2, -0.15) is 0 Å². The van der Waals surface area contributed by atoms with Crippen molar-refractivity contribution in [1.82, 2.24) is 9.88 Å². The number of aromatic nitrogens is 1. The Morgan fingerprint density at radius 1 is 1.00 bits per heavy atom. The SMILES string of the molecule is Brc1ccc([C@@H]2CNC[C@H]2c2cn3c4c(cccc24)CCC3)cc1. The van der Waals surface area contributed by atoms with Crippen LogP contribution in [-0.4, -0.2) is 17.7 Å². The van der Waals surface area contributed by atoms with Gasteiger partial charge >= 0.3 is 0 Å². The molecule has 1 fully saturated rings. The summed E-state index contributed by atoms with van der Waals surface area (Å²) in [6.45, 7) is 3.30. The molecule has 2 nitrogen and oxygen atoms in total. The van der Waals surface area contributed by atoms with Crippen LogP contribution in [0, 0.1) is 0 Å². The lowest BCUT2D eigenvalue weighted by molar-refractivity contribution is 0.625. The van der Waals surface area contributed by atoms with E-state index >= 15 is 0 Å². The molecule has 0 saturated carbocycles. The van der Waals surface area contributed by atoms with Gasteiger partial charge in [-0.25, -0.2) is 0 Å². The van der Waals surface area contributed by atoms with Gasteiger partial charge in [-0.3, -0.25) is 0 Å². The Morgan fingerprint density at radius 3 is 2.71 bits per heavy atom. The monoisotopic (exact) mass is 380 g/mol. The molecule has 2 aliphatic heterocycles. The van der Waals surface area contributed by atoms with Crippen molar-refractivity contribution < 1.29 is 0 Å². The van der Waals surface area contributed by atoms with E-state index in [0.717, 1.165) is 24.1 Å².